The van der Waals surface area contributed by atoms with E-state index in [1.165, 1.54) is 0 Å². The van der Waals surface area contributed by atoms with Gasteiger partial charge in [-0.15, -0.1) is 11.3 Å². The molecule has 0 aliphatic carbocycles. The topological polar surface area (TPSA) is 45.2 Å². The van der Waals surface area contributed by atoms with Gasteiger partial charge in [0, 0.05) is 37.0 Å². The molecule has 0 saturated carbocycles. The van der Waals surface area contributed by atoms with E-state index in [0.717, 1.165) is 25.2 Å². The molecule has 17 heavy (non-hydrogen) atoms. The van der Waals surface area contributed by atoms with Crippen LogP contribution in [0, 0.1) is 0 Å². The fraction of sp³-hybridized carbons (Fsp3) is 0.667. The standard InChI is InChI=1S/C12H19N3OS/c1-9-5-15(6-10(2)14-9)12(16)4-3-11-7-17-8-13-11/h7-10,14H,3-6H2,1-2H3/t9-,10-/m1/s1. The minimum absolute atomic E-state index is 0.248. The van der Waals surface area contributed by atoms with E-state index in [4.69, 9.17) is 0 Å². The summed E-state index contributed by atoms with van der Waals surface area (Å²) in [4.78, 5) is 18.2. The van der Waals surface area contributed by atoms with Crippen molar-refractivity contribution in [2.24, 2.45) is 0 Å². The molecule has 2 rings (SSSR count). The molecule has 1 aromatic heterocycles. The number of carbonyl (C=O) groups excluding carboxylic acids is 1. The molecule has 4 nitrogen and oxygen atoms in total. The summed E-state index contributed by atoms with van der Waals surface area (Å²) in [5, 5.41) is 5.44. The number of rotatable bonds is 3. The Kier molecular flexibility index (Phi) is 4.12. The first-order valence-corrected chi connectivity index (χ1v) is 7.00. The summed E-state index contributed by atoms with van der Waals surface area (Å²) in [6.45, 7) is 5.88. The van der Waals surface area contributed by atoms with E-state index in [9.17, 15) is 4.79 Å². The van der Waals surface area contributed by atoms with Crippen LogP contribution in [0.1, 0.15) is 26.0 Å². The third-order valence-electron chi connectivity index (χ3n) is 2.99. The highest BCUT2D eigenvalue weighted by atomic mass is 32.1. The molecule has 1 aliphatic rings. The highest BCUT2D eigenvalue weighted by Crippen LogP contribution is 2.09. The van der Waals surface area contributed by atoms with Crippen molar-refractivity contribution in [1.82, 2.24) is 15.2 Å². The monoisotopic (exact) mass is 253 g/mol. The van der Waals surface area contributed by atoms with Crippen LogP contribution in [0.15, 0.2) is 10.9 Å². The van der Waals surface area contributed by atoms with Crippen molar-refractivity contribution >= 4 is 17.2 Å². The molecule has 2 atom stereocenters. The second kappa shape index (κ2) is 5.60. The minimum Gasteiger partial charge on any atom is -0.340 e. The summed E-state index contributed by atoms with van der Waals surface area (Å²) in [5.74, 6) is 0.248. The van der Waals surface area contributed by atoms with E-state index in [1.807, 2.05) is 15.8 Å². The maximum atomic E-state index is 12.1. The average Bonchev–Trinajstić information content (AvgIpc) is 2.77. The second-order valence-corrected chi connectivity index (χ2v) is 5.47. The third kappa shape index (κ3) is 3.51. The number of hydrogen-bond donors (Lipinski definition) is 1. The van der Waals surface area contributed by atoms with Crippen LogP contribution in [0.25, 0.3) is 0 Å². The van der Waals surface area contributed by atoms with Crippen molar-refractivity contribution < 1.29 is 4.79 Å². The highest BCUT2D eigenvalue weighted by Gasteiger charge is 2.24. The lowest BCUT2D eigenvalue weighted by Gasteiger charge is -2.36. The molecule has 1 aliphatic heterocycles. The van der Waals surface area contributed by atoms with E-state index in [1.54, 1.807) is 11.3 Å². The van der Waals surface area contributed by atoms with Crippen molar-refractivity contribution in [3.63, 3.8) is 0 Å². The summed E-state index contributed by atoms with van der Waals surface area (Å²) in [5.41, 5.74) is 2.84. The fourth-order valence-corrected chi connectivity index (χ4v) is 2.88. The molecule has 1 aromatic rings. The molecule has 0 bridgehead atoms. The first-order valence-electron chi connectivity index (χ1n) is 6.06. The lowest BCUT2D eigenvalue weighted by atomic mass is 10.1. The van der Waals surface area contributed by atoms with Gasteiger partial charge in [0.2, 0.25) is 5.91 Å². The van der Waals surface area contributed by atoms with Gasteiger partial charge in [-0.3, -0.25) is 4.79 Å². The summed E-state index contributed by atoms with van der Waals surface area (Å²) < 4.78 is 0. The Labute approximate surface area is 106 Å². The molecular formula is C12H19N3OS. The molecular weight excluding hydrogens is 234 g/mol. The number of amides is 1. The molecule has 0 spiro atoms. The molecule has 1 fully saturated rings. The van der Waals surface area contributed by atoms with Gasteiger partial charge < -0.3 is 10.2 Å². The normalized spacial score (nSPS) is 24.9. The van der Waals surface area contributed by atoms with Gasteiger partial charge in [-0.25, -0.2) is 4.98 Å². The molecule has 1 amide bonds. The van der Waals surface area contributed by atoms with Crippen molar-refractivity contribution in [2.45, 2.75) is 38.8 Å². The van der Waals surface area contributed by atoms with Gasteiger partial charge in [0.05, 0.1) is 11.2 Å². The van der Waals surface area contributed by atoms with Crippen LogP contribution >= 0.6 is 11.3 Å². The zero-order chi connectivity index (χ0) is 12.3. The summed E-state index contributed by atoms with van der Waals surface area (Å²) in [6.07, 6.45) is 1.33. The predicted octanol–water partition coefficient (Wildman–Crippen LogP) is 1.28. The second-order valence-electron chi connectivity index (χ2n) is 4.75. The van der Waals surface area contributed by atoms with Gasteiger partial charge in [0.15, 0.2) is 0 Å². The lowest BCUT2D eigenvalue weighted by Crippen LogP contribution is -2.55. The number of carbonyl (C=O) groups is 1. The van der Waals surface area contributed by atoms with E-state index < -0.39 is 0 Å². The molecule has 5 heteroatoms. The van der Waals surface area contributed by atoms with Crippen LogP contribution in [0.3, 0.4) is 0 Å². The van der Waals surface area contributed by atoms with Crippen molar-refractivity contribution in [3.05, 3.63) is 16.6 Å². The van der Waals surface area contributed by atoms with Crippen LogP contribution in [0.5, 0.6) is 0 Å². The maximum Gasteiger partial charge on any atom is 0.223 e. The van der Waals surface area contributed by atoms with Crippen LogP contribution in [-0.2, 0) is 11.2 Å². The fourth-order valence-electron chi connectivity index (χ4n) is 2.28. The SMILES string of the molecule is C[C@@H]1CN(C(=O)CCc2cscn2)C[C@@H](C)N1. The molecule has 0 radical (unpaired) electrons. The average molecular weight is 253 g/mol. The first kappa shape index (κ1) is 12.5. The van der Waals surface area contributed by atoms with Gasteiger partial charge in [0.25, 0.3) is 0 Å². The third-order valence-corrected chi connectivity index (χ3v) is 3.62. The smallest absolute Gasteiger partial charge is 0.223 e. The Morgan fingerprint density at radius 2 is 2.24 bits per heavy atom. The van der Waals surface area contributed by atoms with E-state index in [2.05, 4.69) is 24.1 Å². The summed E-state index contributed by atoms with van der Waals surface area (Å²) in [7, 11) is 0. The number of aryl methyl sites for hydroxylation is 1. The molecule has 0 unspecified atom stereocenters. The Balaban J connectivity index is 1.83. The Bertz CT molecular complexity index is 356. The van der Waals surface area contributed by atoms with Crippen LogP contribution in [0.2, 0.25) is 0 Å². The Hall–Kier alpha value is -0.940. The van der Waals surface area contributed by atoms with Crippen molar-refractivity contribution in [2.75, 3.05) is 13.1 Å². The number of piperazine rings is 1. The number of nitrogens with zero attached hydrogens (tertiary/aromatic N) is 2. The number of nitrogens with one attached hydrogen (secondary N) is 1. The highest BCUT2D eigenvalue weighted by molar-refractivity contribution is 7.07. The van der Waals surface area contributed by atoms with Crippen molar-refractivity contribution in [3.8, 4) is 0 Å². The van der Waals surface area contributed by atoms with E-state index >= 15 is 0 Å². The number of aromatic nitrogens is 1. The van der Waals surface area contributed by atoms with Gasteiger partial charge in [-0.2, -0.15) is 0 Å². The molecule has 2 heterocycles. The van der Waals surface area contributed by atoms with Crippen LogP contribution in [-0.4, -0.2) is 41.0 Å². The number of hydrogen-bond acceptors (Lipinski definition) is 4. The first-order chi connectivity index (χ1) is 8.15. The van der Waals surface area contributed by atoms with E-state index in [0.29, 0.717) is 18.5 Å². The summed E-state index contributed by atoms with van der Waals surface area (Å²) in [6, 6.07) is 0.781. The molecule has 94 valence electrons. The molecule has 0 aromatic carbocycles. The zero-order valence-corrected chi connectivity index (χ0v) is 11.2. The van der Waals surface area contributed by atoms with E-state index in [-0.39, 0.29) is 5.91 Å². The lowest BCUT2D eigenvalue weighted by molar-refractivity contribution is -0.132. The largest absolute Gasteiger partial charge is 0.340 e. The molecule has 1 N–H and O–H groups in total. The minimum atomic E-state index is 0.248. The van der Waals surface area contributed by atoms with Gasteiger partial charge in [0.1, 0.15) is 0 Å². The Morgan fingerprint density at radius 1 is 1.53 bits per heavy atom. The quantitative estimate of drug-likeness (QED) is 0.883. The molecule has 1 saturated heterocycles. The van der Waals surface area contributed by atoms with Gasteiger partial charge >= 0.3 is 0 Å². The Morgan fingerprint density at radius 3 is 2.82 bits per heavy atom. The van der Waals surface area contributed by atoms with Crippen LogP contribution < -0.4 is 5.32 Å². The maximum absolute atomic E-state index is 12.1. The van der Waals surface area contributed by atoms with Gasteiger partial charge in [-0.05, 0) is 20.3 Å². The van der Waals surface area contributed by atoms with Gasteiger partial charge in [-0.1, -0.05) is 0 Å². The van der Waals surface area contributed by atoms with Crippen LogP contribution in [0.4, 0.5) is 0 Å². The number of thiazole rings is 1. The zero-order valence-electron chi connectivity index (χ0n) is 10.3. The predicted molar refractivity (Wildman–Crippen MR) is 69.1 cm³/mol. The summed E-state index contributed by atoms with van der Waals surface area (Å²) >= 11 is 1.58. The van der Waals surface area contributed by atoms with Crippen molar-refractivity contribution in [1.29, 1.82) is 0 Å².